The zero-order valence-corrected chi connectivity index (χ0v) is 11.1. The highest BCUT2D eigenvalue weighted by atomic mass is 16.1. The molecule has 92 valence electrons. The fourth-order valence-corrected chi connectivity index (χ4v) is 2.21. The second kappa shape index (κ2) is 4.30. The van der Waals surface area contributed by atoms with Crippen LogP contribution < -0.4 is 5.56 Å². The zero-order valence-electron chi connectivity index (χ0n) is 11.1. The van der Waals surface area contributed by atoms with E-state index in [-0.39, 0.29) is 11.1 Å². The van der Waals surface area contributed by atoms with E-state index in [0.29, 0.717) is 5.92 Å². The first-order valence-corrected chi connectivity index (χ1v) is 6.00. The van der Waals surface area contributed by atoms with Gasteiger partial charge in [0.25, 0.3) is 5.56 Å². The average molecular weight is 240 g/mol. The number of aromatic nitrogens is 1. The summed E-state index contributed by atoms with van der Waals surface area (Å²) in [6.07, 6.45) is 0. The first-order valence-electron chi connectivity index (χ1n) is 6.00. The molecule has 1 aromatic carbocycles. The van der Waals surface area contributed by atoms with Crippen LogP contribution in [0.25, 0.3) is 10.9 Å². The molecule has 0 N–H and O–H groups in total. The Morgan fingerprint density at radius 3 is 2.56 bits per heavy atom. The van der Waals surface area contributed by atoms with E-state index in [1.165, 1.54) is 5.56 Å². The molecule has 0 spiro atoms. The van der Waals surface area contributed by atoms with Gasteiger partial charge in [-0.2, -0.15) is 5.26 Å². The second-order valence-corrected chi connectivity index (χ2v) is 4.91. The van der Waals surface area contributed by atoms with Crippen LogP contribution in [0.3, 0.4) is 0 Å². The Bertz CT molecular complexity index is 718. The standard InChI is InChI=1S/C15H16N2O/c1-9(2)11-5-6-14-12(7-11)10(3)13(8-16)15(18)17(14)4/h5-7,9H,1-4H3. The third kappa shape index (κ3) is 1.70. The molecule has 18 heavy (non-hydrogen) atoms. The van der Waals surface area contributed by atoms with E-state index in [0.717, 1.165) is 16.5 Å². The highest BCUT2D eigenvalue weighted by Crippen LogP contribution is 2.23. The van der Waals surface area contributed by atoms with Gasteiger partial charge in [0.2, 0.25) is 0 Å². The van der Waals surface area contributed by atoms with Crippen molar-refractivity contribution in [1.29, 1.82) is 5.26 Å². The molecule has 0 radical (unpaired) electrons. The summed E-state index contributed by atoms with van der Waals surface area (Å²) >= 11 is 0. The van der Waals surface area contributed by atoms with Crippen molar-refractivity contribution in [2.45, 2.75) is 26.7 Å². The van der Waals surface area contributed by atoms with Gasteiger partial charge >= 0.3 is 0 Å². The van der Waals surface area contributed by atoms with E-state index in [4.69, 9.17) is 5.26 Å². The Kier molecular flexibility index (Phi) is 2.96. The van der Waals surface area contributed by atoms with Gasteiger partial charge in [0.1, 0.15) is 11.6 Å². The van der Waals surface area contributed by atoms with E-state index < -0.39 is 0 Å². The fourth-order valence-electron chi connectivity index (χ4n) is 2.21. The van der Waals surface area contributed by atoms with Crippen molar-refractivity contribution in [3.8, 4) is 6.07 Å². The maximum absolute atomic E-state index is 12.0. The van der Waals surface area contributed by atoms with Crippen LogP contribution in [-0.4, -0.2) is 4.57 Å². The van der Waals surface area contributed by atoms with Crippen LogP contribution in [0.4, 0.5) is 0 Å². The van der Waals surface area contributed by atoms with Crippen LogP contribution in [0.2, 0.25) is 0 Å². The van der Waals surface area contributed by atoms with E-state index in [1.807, 2.05) is 25.1 Å². The highest BCUT2D eigenvalue weighted by molar-refractivity contribution is 5.85. The van der Waals surface area contributed by atoms with Crippen LogP contribution in [0.5, 0.6) is 0 Å². The molecule has 2 rings (SSSR count). The Morgan fingerprint density at radius 2 is 2.00 bits per heavy atom. The molecule has 1 aromatic heterocycles. The van der Waals surface area contributed by atoms with E-state index >= 15 is 0 Å². The lowest BCUT2D eigenvalue weighted by Gasteiger charge is -2.12. The molecule has 3 heteroatoms. The maximum atomic E-state index is 12.0. The summed E-state index contributed by atoms with van der Waals surface area (Å²) < 4.78 is 1.55. The summed E-state index contributed by atoms with van der Waals surface area (Å²) in [5, 5.41) is 10.1. The van der Waals surface area contributed by atoms with Crippen LogP contribution in [0.15, 0.2) is 23.0 Å². The van der Waals surface area contributed by atoms with E-state index in [1.54, 1.807) is 11.6 Å². The van der Waals surface area contributed by atoms with Crippen molar-refractivity contribution in [2.24, 2.45) is 7.05 Å². The van der Waals surface area contributed by atoms with Crippen LogP contribution in [0.1, 0.15) is 36.5 Å². The van der Waals surface area contributed by atoms with Crippen LogP contribution >= 0.6 is 0 Å². The second-order valence-electron chi connectivity index (χ2n) is 4.91. The van der Waals surface area contributed by atoms with Crippen molar-refractivity contribution in [3.05, 3.63) is 45.2 Å². The first-order chi connectivity index (χ1) is 8.47. The van der Waals surface area contributed by atoms with Gasteiger partial charge in [-0.05, 0) is 36.1 Å². The third-order valence-electron chi connectivity index (χ3n) is 3.46. The zero-order chi connectivity index (χ0) is 13.4. The molecule has 0 atom stereocenters. The van der Waals surface area contributed by atoms with Crippen LogP contribution in [-0.2, 0) is 7.05 Å². The SMILES string of the molecule is Cc1c(C#N)c(=O)n(C)c2ccc(C(C)C)cc12. The predicted octanol–water partition coefficient (Wildman–Crippen LogP) is 2.84. The Hall–Kier alpha value is -2.08. The first kappa shape index (κ1) is 12.4. The summed E-state index contributed by atoms with van der Waals surface area (Å²) in [7, 11) is 1.71. The normalized spacial score (nSPS) is 10.9. The summed E-state index contributed by atoms with van der Waals surface area (Å²) in [5.74, 6) is 0.427. The molecular formula is C15H16N2O. The summed E-state index contributed by atoms with van der Waals surface area (Å²) in [6, 6.07) is 8.09. The van der Waals surface area contributed by atoms with E-state index in [9.17, 15) is 4.79 Å². The minimum atomic E-state index is -0.222. The van der Waals surface area contributed by atoms with Gasteiger partial charge in [0.05, 0.1) is 5.52 Å². The predicted molar refractivity (Wildman–Crippen MR) is 72.7 cm³/mol. The molecule has 0 aliphatic rings. The molecule has 0 saturated carbocycles. The van der Waals surface area contributed by atoms with Crippen molar-refractivity contribution < 1.29 is 0 Å². The Morgan fingerprint density at radius 1 is 1.33 bits per heavy atom. The lowest BCUT2D eigenvalue weighted by Crippen LogP contribution is -2.21. The highest BCUT2D eigenvalue weighted by Gasteiger charge is 2.12. The van der Waals surface area contributed by atoms with Crippen LogP contribution in [0, 0.1) is 18.3 Å². The smallest absolute Gasteiger partial charge is 0.268 e. The van der Waals surface area contributed by atoms with Crippen molar-refractivity contribution in [1.82, 2.24) is 4.57 Å². The van der Waals surface area contributed by atoms with Gasteiger partial charge in [-0.25, -0.2) is 0 Å². The number of pyridine rings is 1. The van der Waals surface area contributed by atoms with Gasteiger partial charge in [-0.3, -0.25) is 4.79 Å². The van der Waals surface area contributed by atoms with Gasteiger partial charge in [0, 0.05) is 12.4 Å². The molecule has 0 amide bonds. The molecule has 0 aliphatic carbocycles. The number of rotatable bonds is 1. The molecule has 0 fully saturated rings. The molecule has 0 aliphatic heterocycles. The minimum absolute atomic E-state index is 0.222. The summed E-state index contributed by atoms with van der Waals surface area (Å²) in [6.45, 7) is 6.10. The summed E-state index contributed by atoms with van der Waals surface area (Å²) in [5.41, 5.74) is 2.89. The average Bonchev–Trinajstić information content (AvgIpc) is 2.36. The van der Waals surface area contributed by atoms with Crippen molar-refractivity contribution >= 4 is 10.9 Å². The number of fused-ring (bicyclic) bond motifs is 1. The Labute approximate surface area is 106 Å². The van der Waals surface area contributed by atoms with E-state index in [2.05, 4.69) is 19.9 Å². The van der Waals surface area contributed by atoms with Gasteiger partial charge in [-0.1, -0.05) is 19.9 Å². The number of nitrogens with zero attached hydrogens (tertiary/aromatic N) is 2. The number of hydrogen-bond donors (Lipinski definition) is 0. The van der Waals surface area contributed by atoms with Gasteiger partial charge in [0.15, 0.2) is 0 Å². The summed E-state index contributed by atoms with van der Waals surface area (Å²) in [4.78, 5) is 12.0. The van der Waals surface area contributed by atoms with Gasteiger partial charge < -0.3 is 4.57 Å². The molecular weight excluding hydrogens is 224 g/mol. The lowest BCUT2D eigenvalue weighted by molar-refractivity contribution is 0.863. The lowest BCUT2D eigenvalue weighted by atomic mass is 9.97. The Balaban J connectivity index is 2.96. The number of nitriles is 1. The monoisotopic (exact) mass is 240 g/mol. The number of hydrogen-bond acceptors (Lipinski definition) is 2. The van der Waals surface area contributed by atoms with Crippen molar-refractivity contribution in [3.63, 3.8) is 0 Å². The molecule has 0 unspecified atom stereocenters. The fraction of sp³-hybridized carbons (Fsp3) is 0.333. The molecule has 0 bridgehead atoms. The van der Waals surface area contributed by atoms with Gasteiger partial charge in [-0.15, -0.1) is 0 Å². The minimum Gasteiger partial charge on any atom is -0.310 e. The largest absolute Gasteiger partial charge is 0.310 e. The number of benzene rings is 1. The quantitative estimate of drug-likeness (QED) is 0.769. The molecule has 2 aromatic rings. The molecule has 3 nitrogen and oxygen atoms in total. The third-order valence-corrected chi connectivity index (χ3v) is 3.46. The molecule has 1 heterocycles. The maximum Gasteiger partial charge on any atom is 0.268 e. The topological polar surface area (TPSA) is 45.8 Å². The van der Waals surface area contributed by atoms with Crippen molar-refractivity contribution in [2.75, 3.05) is 0 Å². The number of aryl methyl sites for hydroxylation is 2. The molecule has 0 saturated heterocycles.